The van der Waals surface area contributed by atoms with Crippen LogP contribution < -0.4 is 0 Å². The minimum absolute atomic E-state index is 0.415. The van der Waals surface area contributed by atoms with E-state index in [1.54, 1.807) is 0 Å². The smallest absolute Gasteiger partial charge is 0.0801 e. The van der Waals surface area contributed by atoms with Crippen molar-refractivity contribution >= 4 is 0 Å². The molecule has 0 saturated heterocycles. The zero-order valence-electron chi connectivity index (χ0n) is 14.4. The third-order valence-corrected chi connectivity index (χ3v) is 4.96. The van der Waals surface area contributed by atoms with Crippen LogP contribution in [0.25, 0.3) is 0 Å². The number of ether oxygens (including phenoxy) is 1. The van der Waals surface area contributed by atoms with E-state index in [9.17, 15) is 0 Å². The summed E-state index contributed by atoms with van der Waals surface area (Å²) < 4.78 is 7.93. The number of pyridine rings is 1. The number of fused-ring (bicyclic) bond motifs is 1. The number of hydrogen-bond donors (Lipinski definition) is 0. The molecule has 0 radical (unpaired) electrons. The average molecular weight is 326 g/mol. The minimum Gasteiger partial charge on any atom is -0.381 e. The highest BCUT2D eigenvalue weighted by Gasteiger charge is 2.30. The molecule has 0 aromatic carbocycles. The van der Waals surface area contributed by atoms with Crippen molar-refractivity contribution in [2.24, 2.45) is 5.92 Å². The van der Waals surface area contributed by atoms with E-state index in [4.69, 9.17) is 9.84 Å². The lowest BCUT2D eigenvalue weighted by Crippen LogP contribution is -2.34. The van der Waals surface area contributed by atoms with Crippen LogP contribution >= 0.6 is 0 Å². The predicted octanol–water partition coefficient (Wildman–Crippen LogP) is 2.82. The Bertz CT molecular complexity index is 665. The van der Waals surface area contributed by atoms with E-state index in [0.29, 0.717) is 5.92 Å². The topological polar surface area (TPSA) is 43.2 Å². The molecule has 0 amide bonds. The van der Waals surface area contributed by atoms with E-state index < -0.39 is 0 Å². The van der Waals surface area contributed by atoms with Gasteiger partial charge in [0, 0.05) is 62.9 Å². The highest BCUT2D eigenvalue weighted by atomic mass is 16.5. The first-order valence-electron chi connectivity index (χ1n) is 9.07. The lowest BCUT2D eigenvalue weighted by Gasteiger charge is -2.31. The summed E-state index contributed by atoms with van der Waals surface area (Å²) in [5.74, 6) is 1.27. The Morgan fingerprint density at radius 2 is 2.25 bits per heavy atom. The van der Waals surface area contributed by atoms with Gasteiger partial charge in [-0.1, -0.05) is 6.07 Å². The number of hydrogen-bond acceptors (Lipinski definition) is 4. The van der Waals surface area contributed by atoms with Gasteiger partial charge in [-0.15, -0.1) is 0 Å². The third-order valence-electron chi connectivity index (χ3n) is 4.96. The first-order valence-corrected chi connectivity index (χ1v) is 9.07. The van der Waals surface area contributed by atoms with Gasteiger partial charge in [0.1, 0.15) is 0 Å². The van der Waals surface area contributed by atoms with Crippen molar-refractivity contribution < 1.29 is 4.74 Å². The van der Waals surface area contributed by atoms with Crippen molar-refractivity contribution in [3.05, 3.63) is 47.5 Å². The normalized spacial score (nSPS) is 21.0. The molecule has 1 fully saturated rings. The summed E-state index contributed by atoms with van der Waals surface area (Å²) in [5, 5.41) is 4.88. The van der Waals surface area contributed by atoms with E-state index in [1.165, 1.54) is 29.7 Å². The van der Waals surface area contributed by atoms with Crippen LogP contribution in [-0.2, 0) is 24.4 Å². The van der Waals surface area contributed by atoms with Gasteiger partial charge < -0.3 is 4.74 Å². The SMILES string of the molecule is CCOCC1CN(Cc2cccnc2)Cc2nn(CC3CC3)cc21. The summed E-state index contributed by atoms with van der Waals surface area (Å²) in [4.78, 5) is 6.71. The van der Waals surface area contributed by atoms with E-state index in [-0.39, 0.29) is 0 Å². The lowest BCUT2D eigenvalue weighted by atomic mass is 9.95. The fourth-order valence-corrected chi connectivity index (χ4v) is 3.56. The number of nitrogens with zero attached hydrogens (tertiary/aromatic N) is 4. The Balaban J connectivity index is 1.51. The van der Waals surface area contributed by atoms with Gasteiger partial charge in [-0.3, -0.25) is 14.6 Å². The van der Waals surface area contributed by atoms with Crippen molar-refractivity contribution in [2.75, 3.05) is 19.8 Å². The van der Waals surface area contributed by atoms with Crippen LogP contribution in [0.4, 0.5) is 0 Å². The average Bonchev–Trinajstić information content (AvgIpc) is 3.31. The number of rotatable bonds is 7. The molecule has 128 valence electrons. The van der Waals surface area contributed by atoms with Gasteiger partial charge >= 0.3 is 0 Å². The minimum atomic E-state index is 0.415. The van der Waals surface area contributed by atoms with Crippen molar-refractivity contribution in [2.45, 2.75) is 45.3 Å². The molecule has 1 saturated carbocycles. The second-order valence-electron chi connectivity index (χ2n) is 7.08. The second-order valence-corrected chi connectivity index (χ2v) is 7.08. The zero-order valence-corrected chi connectivity index (χ0v) is 14.4. The van der Waals surface area contributed by atoms with Gasteiger partial charge in [-0.25, -0.2) is 0 Å². The summed E-state index contributed by atoms with van der Waals surface area (Å²) in [7, 11) is 0. The van der Waals surface area contributed by atoms with Gasteiger partial charge in [0.25, 0.3) is 0 Å². The Kier molecular flexibility index (Phi) is 4.63. The zero-order chi connectivity index (χ0) is 16.4. The third kappa shape index (κ3) is 3.68. The van der Waals surface area contributed by atoms with E-state index in [1.807, 2.05) is 18.5 Å². The molecule has 1 unspecified atom stereocenters. The van der Waals surface area contributed by atoms with Crippen molar-refractivity contribution in [1.82, 2.24) is 19.7 Å². The molecule has 2 aromatic heterocycles. The van der Waals surface area contributed by atoms with Crippen LogP contribution in [0.5, 0.6) is 0 Å². The molecule has 1 aliphatic heterocycles. The van der Waals surface area contributed by atoms with Crippen LogP contribution in [0.15, 0.2) is 30.7 Å². The summed E-state index contributed by atoms with van der Waals surface area (Å²) in [6, 6.07) is 4.15. The van der Waals surface area contributed by atoms with Crippen molar-refractivity contribution in [3.63, 3.8) is 0 Å². The molecular formula is C19H26N4O. The summed E-state index contributed by atoms with van der Waals surface area (Å²) in [6.45, 7) is 7.56. The maximum Gasteiger partial charge on any atom is 0.0801 e. The summed E-state index contributed by atoms with van der Waals surface area (Å²) in [5.41, 5.74) is 3.88. The molecule has 2 aliphatic rings. The van der Waals surface area contributed by atoms with E-state index in [0.717, 1.165) is 45.3 Å². The molecule has 1 aliphatic carbocycles. The Morgan fingerprint density at radius 3 is 3.00 bits per heavy atom. The number of aromatic nitrogens is 3. The van der Waals surface area contributed by atoms with Crippen molar-refractivity contribution in [1.29, 1.82) is 0 Å². The van der Waals surface area contributed by atoms with E-state index >= 15 is 0 Å². The molecule has 24 heavy (non-hydrogen) atoms. The second kappa shape index (κ2) is 7.03. The molecular weight excluding hydrogens is 300 g/mol. The molecule has 0 N–H and O–H groups in total. The largest absolute Gasteiger partial charge is 0.381 e. The first-order chi connectivity index (χ1) is 11.8. The van der Waals surface area contributed by atoms with Crippen LogP contribution in [0, 0.1) is 5.92 Å². The Labute approximate surface area is 143 Å². The molecule has 5 nitrogen and oxygen atoms in total. The van der Waals surface area contributed by atoms with Crippen LogP contribution in [0.1, 0.15) is 42.5 Å². The predicted molar refractivity (Wildman–Crippen MR) is 92.5 cm³/mol. The quantitative estimate of drug-likeness (QED) is 0.785. The van der Waals surface area contributed by atoms with Crippen LogP contribution in [0.2, 0.25) is 0 Å². The highest BCUT2D eigenvalue weighted by molar-refractivity contribution is 5.26. The van der Waals surface area contributed by atoms with Gasteiger partial charge in [0.15, 0.2) is 0 Å². The molecule has 5 heteroatoms. The standard InChI is InChI=1S/C19H26N4O/c1-2-24-14-17-11-22(9-16-4-3-7-20-8-16)13-19-18(17)12-23(21-19)10-15-5-6-15/h3-4,7-8,12,15,17H,2,5-6,9-11,13-14H2,1H3. The highest BCUT2D eigenvalue weighted by Crippen LogP contribution is 2.33. The van der Waals surface area contributed by atoms with Crippen LogP contribution in [-0.4, -0.2) is 39.4 Å². The van der Waals surface area contributed by atoms with Crippen molar-refractivity contribution in [3.8, 4) is 0 Å². The lowest BCUT2D eigenvalue weighted by molar-refractivity contribution is 0.105. The fourth-order valence-electron chi connectivity index (χ4n) is 3.56. The van der Waals surface area contributed by atoms with Crippen LogP contribution in [0.3, 0.4) is 0 Å². The molecule has 1 atom stereocenters. The summed E-state index contributed by atoms with van der Waals surface area (Å²) >= 11 is 0. The van der Waals surface area contributed by atoms with Gasteiger partial charge in [-0.05, 0) is 37.3 Å². The fraction of sp³-hybridized carbons (Fsp3) is 0.579. The molecule has 2 aromatic rings. The Morgan fingerprint density at radius 1 is 1.33 bits per heavy atom. The molecule has 0 bridgehead atoms. The maximum absolute atomic E-state index is 5.76. The monoisotopic (exact) mass is 326 g/mol. The molecule has 3 heterocycles. The first kappa shape index (κ1) is 15.8. The Hall–Kier alpha value is -1.72. The maximum atomic E-state index is 5.76. The molecule has 4 rings (SSSR count). The van der Waals surface area contributed by atoms with E-state index in [2.05, 4.69) is 33.8 Å². The van der Waals surface area contributed by atoms with Gasteiger partial charge in [-0.2, -0.15) is 5.10 Å². The summed E-state index contributed by atoms with van der Waals surface area (Å²) in [6.07, 6.45) is 8.78. The van der Waals surface area contributed by atoms with Gasteiger partial charge in [0.05, 0.1) is 12.3 Å². The molecule has 0 spiro atoms. The van der Waals surface area contributed by atoms with Gasteiger partial charge in [0.2, 0.25) is 0 Å².